The van der Waals surface area contributed by atoms with Crippen molar-refractivity contribution in [2.24, 2.45) is 11.7 Å². The minimum Gasteiger partial charge on any atom is -0.489 e. The lowest BCUT2D eigenvalue weighted by atomic mass is 10.0. The summed E-state index contributed by atoms with van der Waals surface area (Å²) in [5.74, 6) is 0.958. The van der Waals surface area contributed by atoms with E-state index in [-0.39, 0.29) is 12.5 Å². The van der Waals surface area contributed by atoms with Crippen molar-refractivity contribution in [1.29, 1.82) is 0 Å². The Kier molecular flexibility index (Phi) is 5.78. The molecule has 1 unspecified atom stereocenters. The molecule has 0 aliphatic carbocycles. The van der Waals surface area contributed by atoms with Crippen molar-refractivity contribution in [2.75, 3.05) is 13.2 Å². The first kappa shape index (κ1) is 15.5. The smallest absolute Gasteiger partial charge is 0.120 e. The maximum atomic E-state index is 9.22. The van der Waals surface area contributed by atoms with E-state index in [0.29, 0.717) is 13.2 Å². The van der Waals surface area contributed by atoms with Crippen LogP contribution in [0.3, 0.4) is 0 Å². The average molecular weight is 285 g/mol. The number of aliphatic hydroxyl groups excluding tert-OH is 1. The molecule has 0 saturated carbocycles. The second kappa shape index (κ2) is 7.81. The van der Waals surface area contributed by atoms with Gasteiger partial charge in [0, 0.05) is 6.61 Å². The summed E-state index contributed by atoms with van der Waals surface area (Å²) in [5, 5.41) is 9.22. The van der Waals surface area contributed by atoms with Gasteiger partial charge in [-0.3, -0.25) is 0 Å². The first-order chi connectivity index (χ1) is 10.2. The first-order valence-corrected chi connectivity index (χ1v) is 7.29. The van der Waals surface area contributed by atoms with E-state index in [4.69, 9.17) is 10.5 Å². The number of benzene rings is 2. The van der Waals surface area contributed by atoms with Crippen LogP contribution >= 0.6 is 0 Å². The molecule has 0 heterocycles. The van der Waals surface area contributed by atoms with Gasteiger partial charge in [0.1, 0.15) is 12.4 Å². The molecule has 0 radical (unpaired) electrons. The SMILES string of the molecule is Cc1ccc(COc2cccc(CC(CN)CO)c2)cc1. The van der Waals surface area contributed by atoms with Crippen LogP contribution in [0.4, 0.5) is 0 Å². The fourth-order valence-corrected chi connectivity index (χ4v) is 2.17. The van der Waals surface area contributed by atoms with Gasteiger partial charge in [0.2, 0.25) is 0 Å². The quantitative estimate of drug-likeness (QED) is 0.822. The standard InChI is InChI=1S/C18H23NO2/c1-14-5-7-15(8-6-14)13-21-18-4-2-3-16(10-18)9-17(11-19)12-20/h2-8,10,17,20H,9,11-13,19H2,1H3. The second-order valence-corrected chi connectivity index (χ2v) is 5.41. The van der Waals surface area contributed by atoms with Gasteiger partial charge in [0.15, 0.2) is 0 Å². The fraction of sp³-hybridized carbons (Fsp3) is 0.333. The molecule has 2 rings (SSSR count). The zero-order valence-corrected chi connectivity index (χ0v) is 12.5. The lowest BCUT2D eigenvalue weighted by molar-refractivity contribution is 0.229. The highest BCUT2D eigenvalue weighted by atomic mass is 16.5. The van der Waals surface area contributed by atoms with E-state index in [1.807, 2.05) is 24.3 Å². The third kappa shape index (κ3) is 4.88. The molecule has 2 aromatic carbocycles. The summed E-state index contributed by atoms with van der Waals surface area (Å²) in [6.45, 7) is 3.24. The number of aliphatic hydroxyl groups is 1. The van der Waals surface area contributed by atoms with Gasteiger partial charge in [-0.2, -0.15) is 0 Å². The highest BCUT2D eigenvalue weighted by Crippen LogP contribution is 2.17. The number of ether oxygens (including phenoxy) is 1. The lowest BCUT2D eigenvalue weighted by Gasteiger charge is -2.13. The van der Waals surface area contributed by atoms with Crippen molar-refractivity contribution < 1.29 is 9.84 Å². The summed E-state index contributed by atoms with van der Waals surface area (Å²) in [5.41, 5.74) is 9.17. The third-order valence-electron chi connectivity index (χ3n) is 3.54. The number of rotatable bonds is 7. The van der Waals surface area contributed by atoms with Gasteiger partial charge in [-0.1, -0.05) is 42.0 Å². The minimum atomic E-state index is 0.109. The van der Waals surface area contributed by atoms with E-state index in [1.54, 1.807) is 0 Å². The Morgan fingerprint density at radius 1 is 1.10 bits per heavy atom. The van der Waals surface area contributed by atoms with Crippen LogP contribution < -0.4 is 10.5 Å². The average Bonchev–Trinajstić information content (AvgIpc) is 2.52. The molecular formula is C18H23NO2. The molecule has 3 heteroatoms. The predicted molar refractivity (Wildman–Crippen MR) is 85.3 cm³/mol. The molecule has 2 aromatic rings. The molecule has 3 nitrogen and oxygen atoms in total. The van der Waals surface area contributed by atoms with Crippen LogP contribution in [0.2, 0.25) is 0 Å². The Balaban J connectivity index is 1.95. The number of aryl methyl sites for hydroxylation is 1. The molecular weight excluding hydrogens is 262 g/mol. The second-order valence-electron chi connectivity index (χ2n) is 5.41. The molecule has 3 N–H and O–H groups in total. The molecule has 0 spiro atoms. The number of hydrogen-bond acceptors (Lipinski definition) is 3. The van der Waals surface area contributed by atoms with Crippen LogP contribution in [0.5, 0.6) is 5.75 Å². The summed E-state index contributed by atoms with van der Waals surface area (Å²) < 4.78 is 5.83. The van der Waals surface area contributed by atoms with Gasteiger partial charge in [-0.05, 0) is 49.1 Å². The molecule has 0 aromatic heterocycles. The Labute approximate surface area is 126 Å². The van der Waals surface area contributed by atoms with Gasteiger partial charge in [-0.15, -0.1) is 0 Å². The van der Waals surface area contributed by atoms with Crippen LogP contribution in [0.1, 0.15) is 16.7 Å². The fourth-order valence-electron chi connectivity index (χ4n) is 2.17. The molecule has 112 valence electrons. The predicted octanol–water partition coefficient (Wildman–Crippen LogP) is 2.68. The van der Waals surface area contributed by atoms with E-state index < -0.39 is 0 Å². The summed E-state index contributed by atoms with van der Waals surface area (Å²) >= 11 is 0. The van der Waals surface area contributed by atoms with E-state index in [2.05, 4.69) is 31.2 Å². The van der Waals surface area contributed by atoms with Crippen LogP contribution in [0, 0.1) is 12.8 Å². The number of hydrogen-bond donors (Lipinski definition) is 2. The topological polar surface area (TPSA) is 55.5 Å². The lowest BCUT2D eigenvalue weighted by Crippen LogP contribution is -2.20. The van der Waals surface area contributed by atoms with Crippen molar-refractivity contribution in [2.45, 2.75) is 20.0 Å². The Morgan fingerprint density at radius 3 is 2.52 bits per heavy atom. The van der Waals surface area contributed by atoms with Crippen LogP contribution in [0.15, 0.2) is 48.5 Å². The summed E-state index contributed by atoms with van der Waals surface area (Å²) in [7, 11) is 0. The molecule has 0 bridgehead atoms. The maximum absolute atomic E-state index is 9.22. The zero-order valence-electron chi connectivity index (χ0n) is 12.5. The number of nitrogens with two attached hydrogens (primary N) is 1. The molecule has 0 aliphatic rings. The summed E-state index contributed by atoms with van der Waals surface area (Å²) in [4.78, 5) is 0. The van der Waals surface area contributed by atoms with Crippen molar-refractivity contribution in [3.63, 3.8) is 0 Å². The van der Waals surface area contributed by atoms with E-state index in [0.717, 1.165) is 23.3 Å². The normalized spacial score (nSPS) is 12.1. The Hall–Kier alpha value is -1.84. The van der Waals surface area contributed by atoms with E-state index in [9.17, 15) is 5.11 Å². The van der Waals surface area contributed by atoms with Gasteiger partial charge >= 0.3 is 0 Å². The highest BCUT2D eigenvalue weighted by molar-refractivity contribution is 5.29. The van der Waals surface area contributed by atoms with Crippen LogP contribution in [0.25, 0.3) is 0 Å². The van der Waals surface area contributed by atoms with E-state index in [1.165, 1.54) is 5.56 Å². The molecule has 21 heavy (non-hydrogen) atoms. The van der Waals surface area contributed by atoms with Gasteiger partial charge in [0.25, 0.3) is 0 Å². The molecule has 0 amide bonds. The monoisotopic (exact) mass is 285 g/mol. The van der Waals surface area contributed by atoms with Crippen molar-refractivity contribution in [3.8, 4) is 5.75 Å². The van der Waals surface area contributed by atoms with Crippen molar-refractivity contribution >= 4 is 0 Å². The highest BCUT2D eigenvalue weighted by Gasteiger charge is 2.07. The summed E-state index contributed by atoms with van der Waals surface area (Å²) in [6.07, 6.45) is 0.773. The van der Waals surface area contributed by atoms with Crippen molar-refractivity contribution in [1.82, 2.24) is 0 Å². The Morgan fingerprint density at radius 2 is 1.86 bits per heavy atom. The molecule has 1 atom stereocenters. The van der Waals surface area contributed by atoms with E-state index >= 15 is 0 Å². The molecule has 0 fully saturated rings. The maximum Gasteiger partial charge on any atom is 0.120 e. The zero-order chi connectivity index (χ0) is 15.1. The van der Waals surface area contributed by atoms with Gasteiger partial charge in [0.05, 0.1) is 0 Å². The van der Waals surface area contributed by atoms with Crippen LogP contribution in [-0.4, -0.2) is 18.3 Å². The van der Waals surface area contributed by atoms with Crippen molar-refractivity contribution in [3.05, 3.63) is 65.2 Å². The van der Waals surface area contributed by atoms with Crippen LogP contribution in [-0.2, 0) is 13.0 Å². The first-order valence-electron chi connectivity index (χ1n) is 7.29. The van der Waals surface area contributed by atoms with Gasteiger partial charge < -0.3 is 15.6 Å². The Bertz CT molecular complexity index is 547. The van der Waals surface area contributed by atoms with Gasteiger partial charge in [-0.25, -0.2) is 0 Å². The minimum absolute atomic E-state index is 0.109. The largest absolute Gasteiger partial charge is 0.489 e. The third-order valence-corrected chi connectivity index (χ3v) is 3.54. The summed E-state index contributed by atoms with van der Waals surface area (Å²) in [6, 6.07) is 16.3. The molecule has 0 aliphatic heterocycles. The molecule has 0 saturated heterocycles.